The molecule has 9 heteroatoms. The van der Waals surface area contributed by atoms with Crippen molar-refractivity contribution in [2.45, 2.75) is 6.92 Å². The van der Waals surface area contributed by atoms with Crippen LogP contribution in [0.5, 0.6) is 0 Å². The molecule has 0 aliphatic carbocycles. The number of hydrogen-bond donors (Lipinski definition) is 0. The number of nitrogens with zero attached hydrogens (tertiary/aromatic N) is 4. The van der Waals surface area contributed by atoms with Crippen molar-refractivity contribution in [2.75, 3.05) is 6.61 Å². The van der Waals surface area contributed by atoms with E-state index in [1.165, 1.54) is 35.2 Å². The molecule has 0 aliphatic rings. The number of fused-ring (bicyclic) bond motifs is 2. The Balaban J connectivity index is 1.88. The minimum Gasteiger partial charge on any atom is -0.449 e. The Bertz CT molecular complexity index is 1610. The van der Waals surface area contributed by atoms with Crippen molar-refractivity contribution in [1.29, 1.82) is 0 Å². The summed E-state index contributed by atoms with van der Waals surface area (Å²) in [6.07, 6.45) is 2.14. The number of carbonyl (C=O) groups is 1. The van der Waals surface area contributed by atoms with E-state index < -0.39 is 17.6 Å². The molecule has 0 N–H and O–H groups in total. The maximum absolute atomic E-state index is 14.7. The highest BCUT2D eigenvalue weighted by Crippen LogP contribution is 2.31. The second-order valence-corrected chi connectivity index (χ2v) is 7.62. The van der Waals surface area contributed by atoms with Gasteiger partial charge in [-0.05, 0) is 43.3 Å². The van der Waals surface area contributed by atoms with Crippen molar-refractivity contribution in [3.05, 3.63) is 88.3 Å². The van der Waals surface area contributed by atoms with Gasteiger partial charge in [-0.25, -0.2) is 19.0 Å². The molecule has 3 heterocycles. The fourth-order valence-corrected chi connectivity index (χ4v) is 3.99. The smallest absolute Gasteiger partial charge is 0.422 e. The lowest BCUT2D eigenvalue weighted by Gasteiger charge is -2.12. The van der Waals surface area contributed by atoms with E-state index in [1.54, 1.807) is 37.3 Å². The Labute approximate surface area is 191 Å². The summed E-state index contributed by atoms with van der Waals surface area (Å²) in [7, 11) is 0. The van der Waals surface area contributed by atoms with Crippen LogP contribution in [0.25, 0.3) is 38.9 Å². The third-order valence-corrected chi connectivity index (χ3v) is 5.47. The minimum atomic E-state index is -0.807. The highest BCUT2D eigenvalue weighted by molar-refractivity contribution is 6.30. The summed E-state index contributed by atoms with van der Waals surface area (Å²) in [6, 6.07) is 14.6. The van der Waals surface area contributed by atoms with Crippen LogP contribution in [0, 0.1) is 5.82 Å². The molecule has 5 rings (SSSR count). The predicted molar refractivity (Wildman–Crippen MR) is 123 cm³/mol. The first-order valence-corrected chi connectivity index (χ1v) is 10.5. The molecule has 5 aromatic rings. The topological polar surface area (TPSA) is 79.0 Å². The monoisotopic (exact) mass is 462 g/mol. The van der Waals surface area contributed by atoms with E-state index in [-0.39, 0.29) is 17.7 Å². The molecule has 0 unspecified atom stereocenters. The molecule has 164 valence electrons. The van der Waals surface area contributed by atoms with Gasteiger partial charge in [-0.3, -0.25) is 9.55 Å². The van der Waals surface area contributed by atoms with Gasteiger partial charge in [-0.1, -0.05) is 29.8 Å². The van der Waals surface area contributed by atoms with E-state index in [1.807, 2.05) is 6.07 Å². The first-order valence-electron chi connectivity index (χ1n) is 10.1. The zero-order valence-corrected chi connectivity index (χ0v) is 18.1. The standard InChI is InChI=1S/C24H16ClFN4O3/c1-2-33-24(32)30-22-13-27-10-9-20(22)29(23(30)31)21-12-19(16-11-14(25)7-8-17(16)26)28-18-6-4-3-5-15(18)21/h3-13H,2H2,1H3. The summed E-state index contributed by atoms with van der Waals surface area (Å²) in [4.78, 5) is 34.7. The molecule has 0 atom stereocenters. The van der Waals surface area contributed by atoms with Gasteiger partial charge in [0.25, 0.3) is 0 Å². The highest BCUT2D eigenvalue weighted by Gasteiger charge is 2.22. The van der Waals surface area contributed by atoms with Gasteiger partial charge >= 0.3 is 11.8 Å². The van der Waals surface area contributed by atoms with Gasteiger partial charge in [0.15, 0.2) is 0 Å². The van der Waals surface area contributed by atoms with E-state index in [0.717, 1.165) is 4.57 Å². The minimum absolute atomic E-state index is 0.106. The average molecular weight is 463 g/mol. The number of benzene rings is 2. The van der Waals surface area contributed by atoms with Gasteiger partial charge in [0.1, 0.15) is 5.82 Å². The second-order valence-electron chi connectivity index (χ2n) is 7.18. The summed E-state index contributed by atoms with van der Waals surface area (Å²) in [5.41, 5.74) is 1.56. The van der Waals surface area contributed by atoms with Crippen LogP contribution in [-0.4, -0.2) is 31.8 Å². The van der Waals surface area contributed by atoms with Crippen molar-refractivity contribution in [1.82, 2.24) is 19.1 Å². The largest absolute Gasteiger partial charge is 0.449 e. The van der Waals surface area contributed by atoms with Crippen LogP contribution in [0.2, 0.25) is 5.02 Å². The molecular weight excluding hydrogens is 447 g/mol. The van der Waals surface area contributed by atoms with Gasteiger partial charge < -0.3 is 4.74 Å². The first kappa shape index (κ1) is 20.8. The quantitative estimate of drug-likeness (QED) is 0.368. The Hall–Kier alpha value is -4.04. The van der Waals surface area contributed by atoms with Crippen molar-refractivity contribution < 1.29 is 13.9 Å². The fourth-order valence-electron chi connectivity index (χ4n) is 3.82. The summed E-state index contributed by atoms with van der Waals surface area (Å²) < 4.78 is 22.1. The van der Waals surface area contributed by atoms with Gasteiger partial charge in [-0.15, -0.1) is 0 Å². The molecule has 3 aromatic heterocycles. The van der Waals surface area contributed by atoms with Crippen LogP contribution >= 0.6 is 11.6 Å². The van der Waals surface area contributed by atoms with Crippen LogP contribution in [0.15, 0.2) is 71.8 Å². The van der Waals surface area contributed by atoms with Gasteiger partial charge in [0.2, 0.25) is 0 Å². The fraction of sp³-hybridized carbons (Fsp3) is 0.0833. The number of para-hydroxylation sites is 1. The molecular formula is C24H16ClFN4O3. The number of imidazole rings is 1. The van der Waals surface area contributed by atoms with Crippen LogP contribution in [-0.2, 0) is 4.74 Å². The average Bonchev–Trinajstić information content (AvgIpc) is 3.11. The summed E-state index contributed by atoms with van der Waals surface area (Å²) >= 11 is 6.10. The molecule has 0 aliphatic heterocycles. The van der Waals surface area contributed by atoms with Crippen molar-refractivity contribution >= 4 is 39.6 Å². The number of hydrogen-bond acceptors (Lipinski definition) is 5. The van der Waals surface area contributed by atoms with Crippen LogP contribution in [0.3, 0.4) is 0 Å². The number of halogens is 2. The van der Waals surface area contributed by atoms with Gasteiger partial charge in [0, 0.05) is 22.2 Å². The van der Waals surface area contributed by atoms with Gasteiger partial charge in [0.05, 0.1) is 40.7 Å². The second kappa shape index (κ2) is 8.14. The van der Waals surface area contributed by atoms with E-state index in [2.05, 4.69) is 9.97 Å². The SMILES string of the molecule is CCOC(=O)n1c(=O)n(-c2cc(-c3cc(Cl)ccc3F)nc3ccccc23)c2ccncc21. The lowest BCUT2D eigenvalue weighted by molar-refractivity contribution is 0.154. The Kier molecular flexibility index (Phi) is 5.14. The van der Waals surface area contributed by atoms with Crippen LogP contribution in [0.1, 0.15) is 6.92 Å². The number of aromatic nitrogens is 4. The zero-order valence-electron chi connectivity index (χ0n) is 17.3. The number of ether oxygens (including phenoxy) is 1. The molecule has 0 saturated carbocycles. The number of rotatable bonds is 3. The van der Waals surface area contributed by atoms with E-state index in [4.69, 9.17) is 16.3 Å². The maximum Gasteiger partial charge on any atom is 0.422 e. The summed E-state index contributed by atoms with van der Waals surface area (Å²) in [5, 5.41) is 0.996. The van der Waals surface area contributed by atoms with Crippen LogP contribution in [0.4, 0.5) is 9.18 Å². The zero-order chi connectivity index (χ0) is 23.1. The molecule has 0 amide bonds. The Morgan fingerprint density at radius 3 is 2.76 bits per heavy atom. The van der Waals surface area contributed by atoms with Crippen molar-refractivity contribution in [3.63, 3.8) is 0 Å². The third-order valence-electron chi connectivity index (χ3n) is 5.23. The maximum atomic E-state index is 14.7. The van der Waals surface area contributed by atoms with E-state index in [9.17, 15) is 14.0 Å². The normalized spacial score (nSPS) is 11.2. The lowest BCUT2D eigenvalue weighted by atomic mass is 10.1. The molecule has 0 spiro atoms. The molecule has 0 radical (unpaired) electrons. The molecule has 33 heavy (non-hydrogen) atoms. The molecule has 2 aromatic carbocycles. The predicted octanol–water partition coefficient (Wildman–Crippen LogP) is 5.20. The van der Waals surface area contributed by atoms with Crippen molar-refractivity contribution in [2.24, 2.45) is 0 Å². The van der Waals surface area contributed by atoms with Crippen molar-refractivity contribution in [3.8, 4) is 16.9 Å². The third kappa shape index (κ3) is 3.44. The molecule has 0 fully saturated rings. The Morgan fingerprint density at radius 1 is 1.12 bits per heavy atom. The molecule has 7 nitrogen and oxygen atoms in total. The first-order chi connectivity index (χ1) is 16.0. The molecule has 0 saturated heterocycles. The molecule has 0 bridgehead atoms. The lowest BCUT2D eigenvalue weighted by Crippen LogP contribution is -2.29. The number of pyridine rings is 2. The highest BCUT2D eigenvalue weighted by atomic mass is 35.5. The summed E-state index contributed by atoms with van der Waals surface area (Å²) in [5.74, 6) is -0.501. The van der Waals surface area contributed by atoms with E-state index in [0.29, 0.717) is 32.8 Å². The van der Waals surface area contributed by atoms with Gasteiger partial charge in [-0.2, -0.15) is 4.57 Å². The van der Waals surface area contributed by atoms with E-state index >= 15 is 0 Å². The number of carbonyl (C=O) groups excluding carboxylic acids is 1. The summed E-state index contributed by atoms with van der Waals surface area (Å²) in [6.45, 7) is 1.76. The van der Waals surface area contributed by atoms with Crippen LogP contribution < -0.4 is 5.69 Å². The Morgan fingerprint density at radius 2 is 1.94 bits per heavy atom.